The summed E-state index contributed by atoms with van der Waals surface area (Å²) in [6.45, 7) is 7.97. The van der Waals surface area contributed by atoms with Crippen molar-refractivity contribution < 1.29 is 8.42 Å². The molecule has 3 aromatic heterocycles. The van der Waals surface area contributed by atoms with Crippen molar-refractivity contribution in [1.82, 2.24) is 24.1 Å². The van der Waals surface area contributed by atoms with E-state index in [4.69, 9.17) is 0 Å². The van der Waals surface area contributed by atoms with E-state index in [0.717, 1.165) is 17.0 Å². The molecule has 0 aliphatic heterocycles. The monoisotopic (exact) mass is 410 g/mol. The van der Waals surface area contributed by atoms with Gasteiger partial charge in [0.1, 0.15) is 4.90 Å². The van der Waals surface area contributed by atoms with E-state index in [1.807, 2.05) is 36.6 Å². The van der Waals surface area contributed by atoms with Gasteiger partial charge in [0.25, 0.3) is 10.0 Å². The maximum absolute atomic E-state index is 13.0. The number of anilines is 1. The Balaban J connectivity index is 1.73. The van der Waals surface area contributed by atoms with Gasteiger partial charge in [-0.05, 0) is 45.9 Å². The molecule has 1 N–H and O–H groups in total. The van der Waals surface area contributed by atoms with E-state index in [-0.39, 0.29) is 4.90 Å². The molecule has 29 heavy (non-hydrogen) atoms. The minimum atomic E-state index is -3.77. The number of sulfonamides is 1. The van der Waals surface area contributed by atoms with Crippen LogP contribution in [0.2, 0.25) is 0 Å². The van der Waals surface area contributed by atoms with Crippen molar-refractivity contribution >= 4 is 21.5 Å². The van der Waals surface area contributed by atoms with E-state index in [9.17, 15) is 8.42 Å². The van der Waals surface area contributed by atoms with E-state index < -0.39 is 10.0 Å². The van der Waals surface area contributed by atoms with E-state index in [0.29, 0.717) is 29.4 Å². The first-order valence-corrected chi connectivity index (χ1v) is 10.8. The SMILES string of the molecule is CCn1nc(C)c(S(=O)(=O)Nc2cccc(-c3nc4ncccn4c3C)c2)c1C. The lowest BCUT2D eigenvalue weighted by atomic mass is 10.1. The highest BCUT2D eigenvalue weighted by molar-refractivity contribution is 7.92. The summed E-state index contributed by atoms with van der Waals surface area (Å²) in [7, 11) is -3.77. The van der Waals surface area contributed by atoms with Crippen molar-refractivity contribution in [3.05, 3.63) is 59.8 Å². The molecule has 0 atom stereocenters. The molecule has 4 aromatic rings. The largest absolute Gasteiger partial charge is 0.288 e. The zero-order chi connectivity index (χ0) is 20.8. The third-order valence-corrected chi connectivity index (χ3v) is 6.55. The lowest BCUT2D eigenvalue weighted by Crippen LogP contribution is -2.15. The highest BCUT2D eigenvalue weighted by Crippen LogP contribution is 2.28. The minimum Gasteiger partial charge on any atom is -0.288 e. The molecule has 8 nitrogen and oxygen atoms in total. The summed E-state index contributed by atoms with van der Waals surface area (Å²) in [5.74, 6) is 0.601. The van der Waals surface area contributed by atoms with Crippen LogP contribution in [-0.2, 0) is 16.6 Å². The highest BCUT2D eigenvalue weighted by Gasteiger charge is 2.24. The third-order valence-electron chi connectivity index (χ3n) is 4.91. The summed E-state index contributed by atoms with van der Waals surface area (Å²) >= 11 is 0. The fourth-order valence-corrected chi connectivity index (χ4v) is 5.05. The van der Waals surface area contributed by atoms with Gasteiger partial charge < -0.3 is 0 Å². The number of benzene rings is 1. The zero-order valence-corrected chi connectivity index (χ0v) is 17.5. The number of imidazole rings is 1. The van der Waals surface area contributed by atoms with Gasteiger partial charge in [-0.3, -0.25) is 13.8 Å². The van der Waals surface area contributed by atoms with E-state index in [2.05, 4.69) is 19.8 Å². The zero-order valence-electron chi connectivity index (χ0n) is 16.7. The van der Waals surface area contributed by atoms with Gasteiger partial charge in [-0.2, -0.15) is 5.10 Å². The Bertz CT molecular complexity index is 1320. The number of aryl methyl sites for hydroxylation is 3. The standard InChI is InChI=1S/C20H22N6O2S/c1-5-26-15(4)19(13(2)23-26)29(27,28)24-17-9-6-8-16(12-17)18-14(3)25-11-7-10-21-20(25)22-18/h6-12,24H,5H2,1-4H3. The van der Waals surface area contributed by atoms with E-state index >= 15 is 0 Å². The number of hydrogen-bond donors (Lipinski definition) is 1. The number of rotatable bonds is 5. The molecule has 0 aliphatic carbocycles. The van der Waals surface area contributed by atoms with Crippen molar-refractivity contribution in [2.45, 2.75) is 39.1 Å². The minimum absolute atomic E-state index is 0.220. The van der Waals surface area contributed by atoms with E-state index in [1.165, 1.54) is 0 Å². The number of aromatic nitrogens is 5. The molecule has 0 unspecified atom stereocenters. The number of fused-ring (bicyclic) bond motifs is 1. The summed E-state index contributed by atoms with van der Waals surface area (Å²) in [5.41, 5.74) is 4.08. The Morgan fingerprint density at radius 1 is 1.10 bits per heavy atom. The van der Waals surface area contributed by atoms with Gasteiger partial charge in [0.15, 0.2) is 0 Å². The molecule has 0 radical (unpaired) electrons. The highest BCUT2D eigenvalue weighted by atomic mass is 32.2. The quantitative estimate of drug-likeness (QED) is 0.545. The predicted molar refractivity (Wildman–Crippen MR) is 111 cm³/mol. The number of nitrogens with zero attached hydrogens (tertiary/aromatic N) is 5. The molecule has 4 rings (SSSR count). The summed E-state index contributed by atoms with van der Waals surface area (Å²) in [6.07, 6.45) is 3.59. The van der Waals surface area contributed by atoms with Gasteiger partial charge >= 0.3 is 0 Å². The summed E-state index contributed by atoms with van der Waals surface area (Å²) in [5, 5.41) is 4.32. The molecule has 0 bridgehead atoms. The number of hydrogen-bond acceptors (Lipinski definition) is 5. The first-order chi connectivity index (χ1) is 13.8. The summed E-state index contributed by atoms with van der Waals surface area (Å²) in [4.78, 5) is 9.07. The van der Waals surface area contributed by atoms with Crippen molar-refractivity contribution in [3.63, 3.8) is 0 Å². The van der Waals surface area contributed by atoms with Crippen LogP contribution in [0.15, 0.2) is 47.6 Å². The Morgan fingerprint density at radius 3 is 2.59 bits per heavy atom. The Labute approximate surface area is 169 Å². The van der Waals surface area contributed by atoms with Gasteiger partial charge in [0, 0.05) is 35.9 Å². The van der Waals surface area contributed by atoms with Crippen LogP contribution in [0.4, 0.5) is 5.69 Å². The average molecular weight is 411 g/mol. The van der Waals surface area contributed by atoms with Gasteiger partial charge in [-0.15, -0.1) is 0 Å². The molecular formula is C20H22N6O2S. The van der Waals surface area contributed by atoms with Crippen LogP contribution < -0.4 is 4.72 Å². The van der Waals surface area contributed by atoms with Crippen molar-refractivity contribution in [3.8, 4) is 11.3 Å². The Morgan fingerprint density at radius 2 is 1.90 bits per heavy atom. The first kappa shape index (κ1) is 19.1. The molecule has 0 amide bonds. The lowest BCUT2D eigenvalue weighted by Gasteiger charge is -2.10. The summed E-state index contributed by atoms with van der Waals surface area (Å²) < 4.78 is 32.3. The molecule has 1 aromatic carbocycles. The normalized spacial score (nSPS) is 11.9. The molecule has 0 saturated heterocycles. The maximum atomic E-state index is 13.0. The van der Waals surface area contributed by atoms with Crippen molar-refractivity contribution in [1.29, 1.82) is 0 Å². The number of nitrogens with one attached hydrogen (secondary N) is 1. The van der Waals surface area contributed by atoms with Crippen molar-refractivity contribution in [2.75, 3.05) is 4.72 Å². The Kier molecular flexibility index (Phi) is 4.62. The first-order valence-electron chi connectivity index (χ1n) is 9.28. The fraction of sp³-hybridized carbons (Fsp3) is 0.250. The van der Waals surface area contributed by atoms with Crippen molar-refractivity contribution in [2.24, 2.45) is 0 Å². The second kappa shape index (κ2) is 7.00. The van der Waals surface area contributed by atoms with Gasteiger partial charge in [0.2, 0.25) is 5.78 Å². The van der Waals surface area contributed by atoms with Gasteiger partial charge in [-0.25, -0.2) is 18.4 Å². The van der Waals surface area contributed by atoms with Crippen LogP contribution in [0, 0.1) is 20.8 Å². The van der Waals surface area contributed by atoms with Crippen LogP contribution >= 0.6 is 0 Å². The molecule has 3 heterocycles. The van der Waals surface area contributed by atoms with Crippen LogP contribution in [-0.4, -0.2) is 32.6 Å². The topological polar surface area (TPSA) is 94.2 Å². The maximum Gasteiger partial charge on any atom is 0.265 e. The second-order valence-electron chi connectivity index (χ2n) is 6.84. The van der Waals surface area contributed by atoms with Crippen LogP contribution in [0.25, 0.3) is 17.0 Å². The summed E-state index contributed by atoms with van der Waals surface area (Å²) in [6, 6.07) is 9.05. The second-order valence-corrected chi connectivity index (χ2v) is 8.46. The Hall–Kier alpha value is -3.20. The lowest BCUT2D eigenvalue weighted by molar-refractivity contribution is 0.598. The van der Waals surface area contributed by atoms with Gasteiger partial charge in [-0.1, -0.05) is 12.1 Å². The average Bonchev–Trinajstić information content (AvgIpc) is 3.18. The fourth-order valence-electron chi connectivity index (χ4n) is 3.59. The molecule has 0 spiro atoms. The van der Waals surface area contributed by atoms with Crippen LogP contribution in [0.5, 0.6) is 0 Å². The molecule has 0 saturated carbocycles. The molecule has 0 fully saturated rings. The molecule has 150 valence electrons. The van der Waals surface area contributed by atoms with Crippen LogP contribution in [0.1, 0.15) is 24.0 Å². The molecule has 0 aliphatic rings. The molecular weight excluding hydrogens is 388 g/mol. The van der Waals surface area contributed by atoms with E-state index in [1.54, 1.807) is 42.9 Å². The smallest absolute Gasteiger partial charge is 0.265 e. The third kappa shape index (κ3) is 3.27. The molecule has 9 heteroatoms. The van der Waals surface area contributed by atoms with Crippen LogP contribution in [0.3, 0.4) is 0 Å². The van der Waals surface area contributed by atoms with Gasteiger partial charge in [0.05, 0.1) is 17.1 Å². The predicted octanol–water partition coefficient (Wildman–Crippen LogP) is 3.34.